The first-order valence-corrected chi connectivity index (χ1v) is 9.72. The highest BCUT2D eigenvalue weighted by molar-refractivity contribution is 7.07. The van der Waals surface area contributed by atoms with Crippen LogP contribution >= 0.6 is 11.3 Å². The highest BCUT2D eigenvalue weighted by Gasteiger charge is 2.29. The summed E-state index contributed by atoms with van der Waals surface area (Å²) in [4.78, 5) is 16.9. The van der Waals surface area contributed by atoms with Gasteiger partial charge in [-0.15, -0.1) is 11.3 Å². The number of aromatic amines is 1. The van der Waals surface area contributed by atoms with Gasteiger partial charge in [0.25, 0.3) is 5.91 Å². The van der Waals surface area contributed by atoms with Crippen molar-refractivity contribution in [1.82, 2.24) is 20.5 Å². The Morgan fingerprint density at radius 3 is 3.07 bits per heavy atom. The van der Waals surface area contributed by atoms with Crippen LogP contribution in [0, 0.1) is 0 Å². The smallest absolute Gasteiger partial charge is 0.269 e. The third kappa shape index (κ3) is 4.41. The molecule has 3 heterocycles. The molecule has 0 unspecified atom stereocenters. The van der Waals surface area contributed by atoms with E-state index in [1.165, 1.54) is 11.3 Å². The zero-order chi connectivity index (χ0) is 18.5. The lowest BCUT2D eigenvalue weighted by molar-refractivity contribution is -0.0742. The second-order valence-corrected chi connectivity index (χ2v) is 7.02. The van der Waals surface area contributed by atoms with Gasteiger partial charge in [0.05, 0.1) is 36.2 Å². The number of amides is 1. The van der Waals surface area contributed by atoms with E-state index in [1.807, 2.05) is 35.7 Å². The summed E-state index contributed by atoms with van der Waals surface area (Å²) < 4.78 is 11.4. The van der Waals surface area contributed by atoms with Gasteiger partial charge in [0.2, 0.25) is 0 Å². The van der Waals surface area contributed by atoms with E-state index in [1.54, 1.807) is 11.6 Å². The van der Waals surface area contributed by atoms with E-state index in [4.69, 9.17) is 9.47 Å². The summed E-state index contributed by atoms with van der Waals surface area (Å²) in [7, 11) is 0. The molecular weight excluding hydrogens is 364 g/mol. The van der Waals surface area contributed by atoms with Crippen LogP contribution in [0.3, 0.4) is 0 Å². The summed E-state index contributed by atoms with van der Waals surface area (Å²) in [6, 6.07) is 11.4. The number of nitrogens with one attached hydrogen (secondary N) is 2. The van der Waals surface area contributed by atoms with Crippen LogP contribution in [0.1, 0.15) is 22.6 Å². The van der Waals surface area contributed by atoms with Gasteiger partial charge in [0, 0.05) is 17.6 Å². The summed E-state index contributed by atoms with van der Waals surface area (Å²) in [6.45, 7) is 1.46. The van der Waals surface area contributed by atoms with Crippen molar-refractivity contribution in [2.45, 2.75) is 25.2 Å². The predicted molar refractivity (Wildman–Crippen MR) is 101 cm³/mol. The lowest BCUT2D eigenvalue weighted by Crippen LogP contribution is -2.50. The van der Waals surface area contributed by atoms with Gasteiger partial charge in [-0.25, -0.2) is 4.98 Å². The van der Waals surface area contributed by atoms with Crippen LogP contribution in [-0.2, 0) is 16.1 Å². The highest BCUT2D eigenvalue weighted by atomic mass is 32.1. The molecule has 1 aliphatic rings. The topological polar surface area (TPSA) is 89.1 Å². The Labute approximate surface area is 160 Å². The van der Waals surface area contributed by atoms with E-state index < -0.39 is 0 Å². The van der Waals surface area contributed by atoms with Crippen LogP contribution in [0.15, 0.2) is 47.3 Å². The third-order valence-corrected chi connectivity index (χ3v) is 5.08. The quantitative estimate of drug-likeness (QED) is 0.682. The molecule has 27 heavy (non-hydrogen) atoms. The average molecular weight is 384 g/mol. The molecule has 4 rings (SSSR count). The summed E-state index contributed by atoms with van der Waals surface area (Å²) >= 11 is 1.53. The Kier molecular flexibility index (Phi) is 5.57. The summed E-state index contributed by atoms with van der Waals surface area (Å²) in [5.41, 5.74) is 4.79. The maximum absolute atomic E-state index is 12.6. The molecule has 2 aromatic heterocycles. The Morgan fingerprint density at radius 1 is 1.37 bits per heavy atom. The molecule has 2 atom stereocenters. The largest absolute Gasteiger partial charge is 0.379 e. The lowest BCUT2D eigenvalue weighted by Gasteiger charge is -2.31. The van der Waals surface area contributed by atoms with Crippen LogP contribution in [0.5, 0.6) is 0 Å². The number of carbonyl (C=O) groups is 1. The number of benzene rings is 1. The van der Waals surface area contributed by atoms with Crippen molar-refractivity contribution in [2.24, 2.45) is 0 Å². The number of aromatic nitrogens is 3. The van der Waals surface area contributed by atoms with Crippen molar-refractivity contribution in [1.29, 1.82) is 0 Å². The van der Waals surface area contributed by atoms with E-state index in [-0.39, 0.29) is 18.1 Å². The Hall–Kier alpha value is -2.55. The van der Waals surface area contributed by atoms with E-state index in [0.29, 0.717) is 31.9 Å². The highest BCUT2D eigenvalue weighted by Crippen LogP contribution is 2.18. The molecule has 1 saturated heterocycles. The van der Waals surface area contributed by atoms with Crippen molar-refractivity contribution < 1.29 is 14.3 Å². The first-order chi connectivity index (χ1) is 13.3. The third-order valence-electron chi connectivity index (χ3n) is 4.44. The fourth-order valence-corrected chi connectivity index (χ4v) is 3.53. The zero-order valence-electron chi connectivity index (χ0n) is 14.6. The Bertz CT molecular complexity index is 866. The number of nitrogens with zero attached hydrogens (tertiary/aromatic N) is 2. The van der Waals surface area contributed by atoms with E-state index in [0.717, 1.165) is 17.0 Å². The van der Waals surface area contributed by atoms with Crippen LogP contribution in [0.25, 0.3) is 11.3 Å². The SMILES string of the molecule is O=C(N[C@@H]1CCOC[C@H]1OCc1cscn1)c1cc(-c2ccccc2)n[nH]1. The number of carbonyl (C=O) groups excluding carboxylic acids is 1. The normalized spacial score (nSPS) is 19.7. The molecule has 0 saturated carbocycles. The van der Waals surface area contributed by atoms with Crippen LogP contribution < -0.4 is 5.32 Å². The maximum atomic E-state index is 12.6. The summed E-state index contributed by atoms with van der Waals surface area (Å²) in [5, 5.41) is 12.1. The fraction of sp³-hybridized carbons (Fsp3) is 0.316. The average Bonchev–Trinajstić information content (AvgIpc) is 3.40. The second kappa shape index (κ2) is 8.43. The van der Waals surface area contributed by atoms with Crippen molar-refractivity contribution in [3.63, 3.8) is 0 Å². The minimum Gasteiger partial charge on any atom is -0.379 e. The molecule has 1 amide bonds. The maximum Gasteiger partial charge on any atom is 0.269 e. The molecule has 1 aliphatic heterocycles. The van der Waals surface area contributed by atoms with Gasteiger partial charge in [0.15, 0.2) is 0 Å². The van der Waals surface area contributed by atoms with Crippen LogP contribution in [0.4, 0.5) is 0 Å². The Balaban J connectivity index is 1.39. The number of H-pyrrole nitrogens is 1. The lowest BCUT2D eigenvalue weighted by atomic mass is 10.1. The number of ether oxygens (including phenoxy) is 2. The van der Waals surface area contributed by atoms with Crippen LogP contribution in [-0.4, -0.2) is 46.4 Å². The predicted octanol–water partition coefficient (Wildman–Crippen LogP) is 2.64. The Morgan fingerprint density at radius 2 is 2.26 bits per heavy atom. The van der Waals surface area contributed by atoms with E-state index in [9.17, 15) is 4.79 Å². The summed E-state index contributed by atoms with van der Waals surface area (Å²) in [6.07, 6.45) is 0.494. The van der Waals surface area contributed by atoms with Crippen LogP contribution in [0.2, 0.25) is 0 Å². The number of rotatable bonds is 6. The number of thiazole rings is 1. The van der Waals surface area contributed by atoms with Gasteiger partial charge in [-0.05, 0) is 12.5 Å². The molecule has 0 aliphatic carbocycles. The molecule has 7 nitrogen and oxygen atoms in total. The van der Waals surface area contributed by atoms with E-state index in [2.05, 4.69) is 20.5 Å². The molecule has 0 bridgehead atoms. The van der Waals surface area contributed by atoms with Gasteiger partial charge in [-0.3, -0.25) is 9.89 Å². The molecule has 2 N–H and O–H groups in total. The monoisotopic (exact) mass is 384 g/mol. The molecule has 0 spiro atoms. The standard InChI is InChI=1S/C19H20N4O3S/c24-19(17-8-16(22-23-17)13-4-2-1-3-5-13)21-15-6-7-25-10-18(15)26-9-14-11-27-12-20-14/h1-5,8,11-12,15,18H,6-7,9-10H2,(H,21,24)(H,22,23)/t15-,18-/m1/s1. The first-order valence-electron chi connectivity index (χ1n) is 8.78. The fourth-order valence-electron chi connectivity index (χ4n) is 2.98. The molecule has 1 fully saturated rings. The number of hydrogen-bond donors (Lipinski definition) is 2. The summed E-state index contributed by atoms with van der Waals surface area (Å²) in [5.74, 6) is -0.196. The van der Waals surface area contributed by atoms with Crippen molar-refractivity contribution >= 4 is 17.2 Å². The van der Waals surface area contributed by atoms with Gasteiger partial charge < -0.3 is 14.8 Å². The van der Waals surface area contributed by atoms with Crippen molar-refractivity contribution in [2.75, 3.05) is 13.2 Å². The first kappa shape index (κ1) is 17.8. The minimum absolute atomic E-state index is 0.117. The molecular formula is C19H20N4O3S. The number of hydrogen-bond acceptors (Lipinski definition) is 6. The van der Waals surface area contributed by atoms with Gasteiger partial charge in [-0.1, -0.05) is 30.3 Å². The molecule has 0 radical (unpaired) electrons. The van der Waals surface area contributed by atoms with E-state index >= 15 is 0 Å². The second-order valence-electron chi connectivity index (χ2n) is 6.31. The van der Waals surface area contributed by atoms with Gasteiger partial charge >= 0.3 is 0 Å². The zero-order valence-corrected chi connectivity index (χ0v) is 15.4. The van der Waals surface area contributed by atoms with Gasteiger partial charge in [0.1, 0.15) is 11.8 Å². The van der Waals surface area contributed by atoms with Crippen molar-refractivity contribution in [3.05, 3.63) is 58.7 Å². The molecule has 140 valence electrons. The molecule has 1 aromatic carbocycles. The minimum atomic E-state index is -0.207. The molecule has 3 aromatic rings. The van der Waals surface area contributed by atoms with Crippen molar-refractivity contribution in [3.8, 4) is 11.3 Å². The van der Waals surface area contributed by atoms with Gasteiger partial charge in [-0.2, -0.15) is 5.10 Å². The molecule has 8 heteroatoms.